The number of rotatable bonds is 8. The minimum absolute atomic E-state index is 0.0859. The molecule has 0 saturated heterocycles. The summed E-state index contributed by atoms with van der Waals surface area (Å²) in [6.07, 6.45) is 2.51. The minimum atomic E-state index is -0.357. The Bertz CT molecular complexity index is 965. The van der Waals surface area contributed by atoms with Crippen molar-refractivity contribution in [2.75, 3.05) is 20.2 Å². The third kappa shape index (κ3) is 5.01. The minimum Gasteiger partial charge on any atom is -0.497 e. The number of carbonyl (C=O) groups excluding carboxylic acids is 2. The summed E-state index contributed by atoms with van der Waals surface area (Å²) in [6, 6.07) is 16.9. The largest absolute Gasteiger partial charge is 0.497 e. The molecule has 0 aliphatic carbocycles. The van der Waals surface area contributed by atoms with E-state index in [-0.39, 0.29) is 18.4 Å². The molecule has 0 bridgehead atoms. The van der Waals surface area contributed by atoms with Crippen molar-refractivity contribution in [2.45, 2.75) is 13.3 Å². The van der Waals surface area contributed by atoms with Gasteiger partial charge in [0.25, 0.3) is 5.91 Å². The molecule has 0 aliphatic heterocycles. The van der Waals surface area contributed by atoms with Crippen molar-refractivity contribution in [3.8, 4) is 22.7 Å². The molecule has 0 radical (unpaired) electrons. The van der Waals surface area contributed by atoms with Crippen LogP contribution in [0.4, 0.5) is 0 Å². The van der Waals surface area contributed by atoms with Crippen LogP contribution in [0.25, 0.3) is 16.9 Å². The number of nitrogens with zero attached hydrogens (tertiary/aromatic N) is 2. The third-order valence-electron chi connectivity index (χ3n) is 4.32. The van der Waals surface area contributed by atoms with Gasteiger partial charge in [0.05, 0.1) is 24.9 Å². The lowest BCUT2D eigenvalue weighted by molar-refractivity contribution is -0.120. The monoisotopic (exact) mass is 392 g/mol. The first-order valence-corrected chi connectivity index (χ1v) is 9.46. The number of carbonyl (C=O) groups is 2. The van der Waals surface area contributed by atoms with Crippen LogP contribution in [0, 0.1) is 0 Å². The van der Waals surface area contributed by atoms with E-state index in [1.54, 1.807) is 18.0 Å². The first kappa shape index (κ1) is 20.1. The zero-order valence-corrected chi connectivity index (χ0v) is 16.5. The third-order valence-corrected chi connectivity index (χ3v) is 4.32. The Morgan fingerprint density at radius 2 is 1.76 bits per heavy atom. The molecule has 7 nitrogen and oxygen atoms in total. The van der Waals surface area contributed by atoms with Gasteiger partial charge in [-0.05, 0) is 42.8 Å². The molecule has 0 atom stereocenters. The predicted octanol–water partition coefficient (Wildman–Crippen LogP) is 2.80. The summed E-state index contributed by atoms with van der Waals surface area (Å²) in [6.45, 7) is 2.47. The van der Waals surface area contributed by atoms with Crippen LogP contribution in [0.5, 0.6) is 5.75 Å². The molecule has 3 aromatic rings. The van der Waals surface area contributed by atoms with Crippen LogP contribution < -0.4 is 15.4 Å². The highest BCUT2D eigenvalue weighted by Crippen LogP contribution is 2.25. The van der Waals surface area contributed by atoms with Gasteiger partial charge in [-0.15, -0.1) is 0 Å². The molecule has 150 valence electrons. The lowest BCUT2D eigenvalue weighted by Gasteiger charge is -2.06. The van der Waals surface area contributed by atoms with Crippen molar-refractivity contribution in [2.24, 2.45) is 0 Å². The molecule has 3 rings (SSSR count). The number of aromatic nitrogens is 2. The number of benzene rings is 2. The van der Waals surface area contributed by atoms with Crippen LogP contribution in [0.3, 0.4) is 0 Å². The molecule has 1 heterocycles. The summed E-state index contributed by atoms with van der Waals surface area (Å²) in [4.78, 5) is 24.6. The van der Waals surface area contributed by atoms with Crippen molar-refractivity contribution in [1.82, 2.24) is 20.4 Å². The van der Waals surface area contributed by atoms with Crippen LogP contribution in [0.1, 0.15) is 23.7 Å². The van der Waals surface area contributed by atoms with Gasteiger partial charge in [0.15, 0.2) is 0 Å². The number of amides is 2. The summed E-state index contributed by atoms with van der Waals surface area (Å²) < 4.78 is 6.86. The van der Waals surface area contributed by atoms with E-state index < -0.39 is 0 Å². The van der Waals surface area contributed by atoms with Crippen LogP contribution in [-0.4, -0.2) is 41.8 Å². The fraction of sp³-hybridized carbons (Fsp3) is 0.227. The van der Waals surface area contributed by atoms with Gasteiger partial charge in [0.2, 0.25) is 5.91 Å². The van der Waals surface area contributed by atoms with Gasteiger partial charge in [0, 0.05) is 18.3 Å². The number of hydrogen-bond acceptors (Lipinski definition) is 4. The molecule has 0 saturated carbocycles. The van der Waals surface area contributed by atoms with Gasteiger partial charge in [-0.2, -0.15) is 5.10 Å². The van der Waals surface area contributed by atoms with Crippen LogP contribution in [0.2, 0.25) is 0 Å². The highest BCUT2D eigenvalue weighted by atomic mass is 16.5. The van der Waals surface area contributed by atoms with E-state index in [9.17, 15) is 9.59 Å². The van der Waals surface area contributed by atoms with E-state index in [0.717, 1.165) is 23.4 Å². The average molecular weight is 392 g/mol. The Labute approximate surface area is 169 Å². The van der Waals surface area contributed by atoms with Crippen LogP contribution in [0.15, 0.2) is 60.8 Å². The fourth-order valence-corrected chi connectivity index (χ4v) is 2.80. The first-order chi connectivity index (χ1) is 14.1. The van der Waals surface area contributed by atoms with E-state index in [0.29, 0.717) is 17.8 Å². The lowest BCUT2D eigenvalue weighted by atomic mass is 10.1. The molecule has 0 spiro atoms. The van der Waals surface area contributed by atoms with Gasteiger partial charge in [-0.1, -0.05) is 25.1 Å². The van der Waals surface area contributed by atoms with Crippen molar-refractivity contribution >= 4 is 11.8 Å². The van der Waals surface area contributed by atoms with Gasteiger partial charge >= 0.3 is 0 Å². The Hall–Kier alpha value is -3.61. The maximum atomic E-state index is 12.8. The maximum absolute atomic E-state index is 12.8. The van der Waals surface area contributed by atoms with Gasteiger partial charge < -0.3 is 15.4 Å². The Morgan fingerprint density at radius 3 is 2.41 bits per heavy atom. The predicted molar refractivity (Wildman–Crippen MR) is 111 cm³/mol. The molecule has 1 aromatic heterocycles. The second-order valence-electron chi connectivity index (χ2n) is 6.43. The quantitative estimate of drug-likeness (QED) is 0.617. The summed E-state index contributed by atoms with van der Waals surface area (Å²) in [5.74, 6) is 0.140. The fourth-order valence-electron chi connectivity index (χ4n) is 2.80. The molecule has 29 heavy (non-hydrogen) atoms. The Kier molecular flexibility index (Phi) is 6.63. The summed E-state index contributed by atoms with van der Waals surface area (Å²) in [7, 11) is 1.60. The normalized spacial score (nSPS) is 10.4. The van der Waals surface area contributed by atoms with Crippen LogP contribution in [-0.2, 0) is 4.79 Å². The molecule has 0 aliphatic rings. The van der Waals surface area contributed by atoms with Crippen molar-refractivity contribution in [3.05, 3.63) is 66.4 Å². The topological polar surface area (TPSA) is 85.3 Å². The standard InChI is InChI=1S/C22H24N4O3/c1-3-13-23-20(27)14-24-22(28)19-15-26(17-7-5-4-6-8-17)25-21(19)16-9-11-18(29-2)12-10-16/h4-12,15H,3,13-14H2,1-2H3,(H,23,27)(H,24,28). The van der Waals surface area contributed by atoms with Crippen molar-refractivity contribution in [1.29, 1.82) is 0 Å². The molecule has 0 unspecified atom stereocenters. The summed E-state index contributed by atoms with van der Waals surface area (Å²) >= 11 is 0. The van der Waals surface area contributed by atoms with Crippen molar-refractivity contribution < 1.29 is 14.3 Å². The van der Waals surface area contributed by atoms with E-state index in [1.165, 1.54) is 0 Å². The SMILES string of the molecule is CCCNC(=O)CNC(=O)c1cn(-c2ccccc2)nc1-c1ccc(OC)cc1. The number of ether oxygens (including phenoxy) is 1. The second kappa shape index (κ2) is 9.54. The number of methoxy groups -OCH3 is 1. The molecular formula is C22H24N4O3. The van der Waals surface area contributed by atoms with Gasteiger partial charge in [0.1, 0.15) is 11.4 Å². The maximum Gasteiger partial charge on any atom is 0.255 e. The smallest absolute Gasteiger partial charge is 0.255 e. The van der Waals surface area contributed by atoms with E-state index in [1.807, 2.05) is 61.5 Å². The molecule has 2 aromatic carbocycles. The van der Waals surface area contributed by atoms with Crippen LogP contribution >= 0.6 is 0 Å². The molecule has 2 N–H and O–H groups in total. The van der Waals surface area contributed by atoms with Crippen molar-refractivity contribution in [3.63, 3.8) is 0 Å². The number of nitrogens with one attached hydrogen (secondary N) is 2. The Balaban J connectivity index is 1.90. The first-order valence-electron chi connectivity index (χ1n) is 9.46. The molecule has 7 heteroatoms. The van der Waals surface area contributed by atoms with E-state index in [2.05, 4.69) is 15.7 Å². The zero-order chi connectivity index (χ0) is 20.6. The highest BCUT2D eigenvalue weighted by molar-refractivity contribution is 6.01. The molecule has 2 amide bonds. The number of hydrogen-bond donors (Lipinski definition) is 2. The Morgan fingerprint density at radius 1 is 1.03 bits per heavy atom. The molecule has 0 fully saturated rings. The average Bonchev–Trinajstić information content (AvgIpc) is 3.22. The second-order valence-corrected chi connectivity index (χ2v) is 6.43. The van der Waals surface area contributed by atoms with Gasteiger partial charge in [-0.25, -0.2) is 4.68 Å². The zero-order valence-electron chi connectivity index (χ0n) is 16.5. The number of para-hydroxylation sites is 1. The lowest BCUT2D eigenvalue weighted by Crippen LogP contribution is -2.37. The molecular weight excluding hydrogens is 368 g/mol. The highest BCUT2D eigenvalue weighted by Gasteiger charge is 2.19. The van der Waals surface area contributed by atoms with Gasteiger partial charge in [-0.3, -0.25) is 9.59 Å². The summed E-state index contributed by atoms with van der Waals surface area (Å²) in [5, 5.41) is 10.0. The van der Waals surface area contributed by atoms with E-state index in [4.69, 9.17) is 4.74 Å². The van der Waals surface area contributed by atoms with E-state index >= 15 is 0 Å². The summed E-state index contributed by atoms with van der Waals surface area (Å²) in [5.41, 5.74) is 2.54.